The highest BCUT2D eigenvalue weighted by molar-refractivity contribution is 6.28. The minimum Gasteiger partial charge on any atom is -0.454 e. The van der Waals surface area contributed by atoms with Gasteiger partial charge < -0.3 is 21.0 Å². The molecule has 0 aromatic heterocycles. The van der Waals surface area contributed by atoms with Crippen LogP contribution in [0, 0.1) is 35.5 Å². The lowest BCUT2D eigenvalue weighted by Gasteiger charge is -2.45. The van der Waals surface area contributed by atoms with Crippen molar-refractivity contribution >= 4 is 13.4 Å². The Bertz CT molecular complexity index is 518. The summed E-state index contributed by atoms with van der Waals surface area (Å²) in [6.07, 6.45) is 10.7. The van der Waals surface area contributed by atoms with Crippen molar-refractivity contribution in [3.63, 3.8) is 0 Å². The van der Waals surface area contributed by atoms with E-state index < -0.39 is 0 Å². The highest BCUT2D eigenvalue weighted by Gasteiger charge is 2.43. The molecular formula is C22H39BN3O2. The number of piperidine rings is 2. The molecular weight excluding hydrogens is 349 g/mol. The molecule has 1 amide bonds. The van der Waals surface area contributed by atoms with Crippen LogP contribution in [-0.4, -0.2) is 56.0 Å². The SMILES string of the molecule is NCC1CCCC(C2CCN(C(=O)C3CC([B]O)C4CNCCC4C3)CC2)C1. The number of carbonyl (C=O) groups excluding carboxylic acids is 1. The van der Waals surface area contributed by atoms with Crippen molar-refractivity contribution in [2.24, 2.45) is 41.2 Å². The average molecular weight is 388 g/mol. The normalized spacial score (nSPS) is 40.0. The third-order valence-corrected chi connectivity index (χ3v) is 8.59. The summed E-state index contributed by atoms with van der Waals surface area (Å²) in [4.78, 5) is 15.4. The van der Waals surface area contributed by atoms with Crippen LogP contribution in [0.5, 0.6) is 0 Å². The average Bonchev–Trinajstić information content (AvgIpc) is 2.78. The van der Waals surface area contributed by atoms with Gasteiger partial charge in [0, 0.05) is 19.0 Å². The number of nitrogens with zero attached hydrogens (tertiary/aromatic N) is 1. The predicted molar refractivity (Wildman–Crippen MR) is 113 cm³/mol. The van der Waals surface area contributed by atoms with Gasteiger partial charge in [0.05, 0.1) is 0 Å². The first-order valence-corrected chi connectivity index (χ1v) is 11.9. The summed E-state index contributed by atoms with van der Waals surface area (Å²) in [5, 5.41) is 13.2. The molecule has 6 heteroatoms. The first kappa shape index (κ1) is 20.7. The van der Waals surface area contributed by atoms with Gasteiger partial charge in [0.1, 0.15) is 0 Å². The van der Waals surface area contributed by atoms with Gasteiger partial charge in [0.25, 0.3) is 7.48 Å². The quantitative estimate of drug-likeness (QED) is 0.644. The third kappa shape index (κ3) is 4.44. The molecule has 2 heterocycles. The molecule has 6 atom stereocenters. The Morgan fingerprint density at radius 2 is 1.86 bits per heavy atom. The van der Waals surface area contributed by atoms with Crippen molar-refractivity contribution in [3.05, 3.63) is 0 Å². The summed E-state index contributed by atoms with van der Waals surface area (Å²) < 4.78 is 0. The Labute approximate surface area is 171 Å². The van der Waals surface area contributed by atoms with E-state index in [1.54, 1.807) is 0 Å². The van der Waals surface area contributed by atoms with E-state index >= 15 is 0 Å². The van der Waals surface area contributed by atoms with Crippen molar-refractivity contribution in [2.75, 3.05) is 32.7 Å². The summed E-state index contributed by atoms with van der Waals surface area (Å²) in [6.45, 7) is 4.76. The van der Waals surface area contributed by atoms with Crippen molar-refractivity contribution < 1.29 is 9.82 Å². The molecule has 6 unspecified atom stereocenters. The topological polar surface area (TPSA) is 78.6 Å². The molecule has 0 aromatic rings. The maximum Gasteiger partial charge on any atom is 0.291 e. The Balaban J connectivity index is 1.30. The number of fused-ring (bicyclic) bond motifs is 1. The van der Waals surface area contributed by atoms with Gasteiger partial charge in [-0.1, -0.05) is 12.8 Å². The second-order valence-corrected chi connectivity index (χ2v) is 10.1. The van der Waals surface area contributed by atoms with Crippen molar-refractivity contribution in [1.29, 1.82) is 0 Å². The zero-order valence-electron chi connectivity index (χ0n) is 17.4. The number of nitrogens with one attached hydrogen (secondary N) is 1. The molecule has 5 nitrogen and oxygen atoms in total. The molecule has 0 spiro atoms. The summed E-state index contributed by atoms with van der Waals surface area (Å²) in [5.74, 6) is 4.10. The van der Waals surface area contributed by atoms with Gasteiger partial charge >= 0.3 is 0 Å². The molecule has 2 aliphatic carbocycles. The van der Waals surface area contributed by atoms with E-state index in [0.717, 1.165) is 69.7 Å². The lowest BCUT2D eigenvalue weighted by molar-refractivity contribution is -0.139. The molecule has 4 N–H and O–H groups in total. The van der Waals surface area contributed by atoms with E-state index in [1.165, 1.54) is 46.0 Å². The Morgan fingerprint density at radius 1 is 1.04 bits per heavy atom. The zero-order chi connectivity index (χ0) is 19.5. The highest BCUT2D eigenvalue weighted by atomic mass is 16.2. The highest BCUT2D eigenvalue weighted by Crippen LogP contribution is 2.45. The summed E-state index contributed by atoms with van der Waals surface area (Å²) in [7, 11) is 1.38. The molecule has 4 rings (SSSR count). The fourth-order valence-electron chi connectivity index (χ4n) is 6.89. The van der Waals surface area contributed by atoms with Gasteiger partial charge in [-0.15, -0.1) is 0 Å². The van der Waals surface area contributed by atoms with Crippen LogP contribution in [0.4, 0.5) is 0 Å². The number of carbonyl (C=O) groups is 1. The second-order valence-electron chi connectivity index (χ2n) is 10.1. The molecule has 2 saturated carbocycles. The van der Waals surface area contributed by atoms with Crippen LogP contribution >= 0.6 is 0 Å². The Morgan fingerprint density at radius 3 is 2.61 bits per heavy atom. The minimum atomic E-state index is 0.112. The lowest BCUT2D eigenvalue weighted by Crippen LogP contribution is -2.49. The molecule has 2 aliphatic heterocycles. The van der Waals surface area contributed by atoms with Crippen LogP contribution in [0.15, 0.2) is 0 Å². The van der Waals surface area contributed by atoms with E-state index in [-0.39, 0.29) is 11.7 Å². The van der Waals surface area contributed by atoms with Gasteiger partial charge in [-0.25, -0.2) is 0 Å². The number of nitrogens with two attached hydrogens (primary N) is 1. The number of hydrogen-bond donors (Lipinski definition) is 3. The molecule has 1 radical (unpaired) electrons. The minimum absolute atomic E-state index is 0.112. The standard InChI is InChI=1S/C22H39BN3O2/c24-13-15-2-1-3-17(10-15)16-5-8-26(9-6-16)22(27)19-11-18-4-7-25-14-20(18)21(12-19)23-28/h15-21,25,28H,1-14,24H2. The monoisotopic (exact) mass is 388 g/mol. The summed E-state index contributed by atoms with van der Waals surface area (Å²) in [6, 6.07) is 0. The summed E-state index contributed by atoms with van der Waals surface area (Å²) >= 11 is 0. The largest absolute Gasteiger partial charge is 0.454 e. The van der Waals surface area contributed by atoms with E-state index in [1.807, 2.05) is 0 Å². The van der Waals surface area contributed by atoms with E-state index in [9.17, 15) is 9.82 Å². The Kier molecular flexibility index (Phi) is 7.00. The van der Waals surface area contributed by atoms with Crippen LogP contribution in [0.25, 0.3) is 0 Å². The first-order chi connectivity index (χ1) is 13.7. The molecule has 4 aliphatic rings. The predicted octanol–water partition coefficient (Wildman–Crippen LogP) is 2.03. The van der Waals surface area contributed by atoms with Crippen LogP contribution < -0.4 is 11.1 Å². The fraction of sp³-hybridized carbons (Fsp3) is 0.955. The first-order valence-electron chi connectivity index (χ1n) is 11.9. The van der Waals surface area contributed by atoms with Crippen molar-refractivity contribution in [2.45, 2.75) is 63.6 Å². The van der Waals surface area contributed by atoms with Crippen LogP contribution in [-0.2, 0) is 4.79 Å². The van der Waals surface area contributed by atoms with E-state index in [0.29, 0.717) is 17.7 Å². The maximum absolute atomic E-state index is 13.3. The molecule has 157 valence electrons. The zero-order valence-corrected chi connectivity index (χ0v) is 17.4. The van der Waals surface area contributed by atoms with Crippen LogP contribution in [0.3, 0.4) is 0 Å². The number of hydrogen-bond acceptors (Lipinski definition) is 4. The number of likely N-dealkylation sites (tertiary alicyclic amines) is 1. The van der Waals surface area contributed by atoms with Crippen LogP contribution in [0.2, 0.25) is 5.82 Å². The van der Waals surface area contributed by atoms with Gasteiger partial charge in [0.2, 0.25) is 5.91 Å². The molecule has 0 bridgehead atoms. The molecule has 4 fully saturated rings. The number of amides is 1. The molecule has 2 saturated heterocycles. The number of rotatable bonds is 4. The van der Waals surface area contributed by atoms with Gasteiger partial charge in [0.15, 0.2) is 0 Å². The third-order valence-electron chi connectivity index (χ3n) is 8.59. The smallest absolute Gasteiger partial charge is 0.291 e. The fourth-order valence-corrected chi connectivity index (χ4v) is 6.89. The second kappa shape index (κ2) is 9.48. The van der Waals surface area contributed by atoms with E-state index in [4.69, 9.17) is 5.73 Å². The molecule has 28 heavy (non-hydrogen) atoms. The van der Waals surface area contributed by atoms with Crippen molar-refractivity contribution in [3.8, 4) is 0 Å². The maximum atomic E-state index is 13.3. The van der Waals surface area contributed by atoms with Gasteiger partial charge in [-0.05, 0) is 100.0 Å². The van der Waals surface area contributed by atoms with Gasteiger partial charge in [-0.2, -0.15) is 0 Å². The van der Waals surface area contributed by atoms with E-state index in [2.05, 4.69) is 10.2 Å². The van der Waals surface area contributed by atoms with Gasteiger partial charge in [-0.3, -0.25) is 4.79 Å². The summed E-state index contributed by atoms with van der Waals surface area (Å²) in [5.41, 5.74) is 5.93. The molecule has 0 aromatic carbocycles. The Hall–Kier alpha value is -0.585. The van der Waals surface area contributed by atoms with Crippen LogP contribution in [0.1, 0.15) is 57.8 Å². The van der Waals surface area contributed by atoms with Crippen molar-refractivity contribution in [1.82, 2.24) is 10.2 Å². The lowest BCUT2D eigenvalue weighted by atomic mass is 9.56.